The van der Waals surface area contributed by atoms with E-state index < -0.39 is 28.8 Å². The van der Waals surface area contributed by atoms with Gasteiger partial charge >= 0.3 is 12.1 Å². The minimum absolute atomic E-state index is 0.0299. The number of piperidine rings is 1. The Balaban J connectivity index is 1.32. The van der Waals surface area contributed by atoms with Gasteiger partial charge in [0, 0.05) is 29.0 Å². The number of hydrogen-bond donors (Lipinski definition) is 1. The average molecular weight is 604 g/mol. The third kappa shape index (κ3) is 4.94. The predicted octanol–water partition coefficient (Wildman–Crippen LogP) is 6.59. The fourth-order valence-corrected chi connectivity index (χ4v) is 8.11. The van der Waals surface area contributed by atoms with E-state index in [9.17, 15) is 32.3 Å². The molecule has 2 heterocycles. The molecule has 2 aliphatic heterocycles. The van der Waals surface area contributed by atoms with E-state index in [1.54, 1.807) is 6.07 Å². The van der Waals surface area contributed by atoms with Crippen LogP contribution in [0, 0.1) is 17.3 Å². The molecule has 2 aromatic carbocycles. The highest BCUT2D eigenvalue weighted by Gasteiger charge is 2.59. The number of fused-ring (bicyclic) bond motifs is 3. The predicted molar refractivity (Wildman–Crippen MR) is 150 cm³/mol. The lowest BCUT2D eigenvalue weighted by Crippen LogP contribution is -2.64. The highest BCUT2D eigenvalue weighted by Crippen LogP contribution is 2.62. The van der Waals surface area contributed by atoms with Crippen molar-refractivity contribution in [1.29, 1.82) is 0 Å². The first-order valence-electron chi connectivity index (χ1n) is 15.1. The van der Waals surface area contributed by atoms with Crippen LogP contribution >= 0.6 is 0 Å². The average Bonchev–Trinajstić information content (AvgIpc) is 2.91. The Labute approximate surface area is 248 Å². The van der Waals surface area contributed by atoms with E-state index in [0.717, 1.165) is 11.3 Å². The summed E-state index contributed by atoms with van der Waals surface area (Å²) < 4.78 is 67.3. The van der Waals surface area contributed by atoms with Crippen LogP contribution in [0.5, 0.6) is 11.5 Å². The Bertz CT molecular complexity index is 1390. The molecule has 1 N–H and O–H groups in total. The van der Waals surface area contributed by atoms with E-state index in [1.165, 1.54) is 12.1 Å². The van der Waals surface area contributed by atoms with Gasteiger partial charge in [0.1, 0.15) is 18.1 Å². The molecule has 6 nitrogen and oxygen atoms in total. The number of carboxylic acids is 1. The van der Waals surface area contributed by atoms with Crippen molar-refractivity contribution in [3.8, 4) is 11.5 Å². The summed E-state index contributed by atoms with van der Waals surface area (Å²) in [5.74, 6) is -0.309. The lowest BCUT2D eigenvalue weighted by atomic mass is 9.48. The molecular formula is C33H37F4NO5. The molecule has 1 spiro atoms. The Morgan fingerprint density at radius 1 is 1.05 bits per heavy atom. The highest BCUT2D eigenvalue weighted by atomic mass is 19.4. The number of amides is 1. The second kappa shape index (κ2) is 10.4. The molecule has 3 atom stereocenters. The quantitative estimate of drug-likeness (QED) is 0.362. The normalized spacial score (nSPS) is 31.0. The SMILES string of the molecule is CCOc1ccc(CC23CCCN(C(=O)C4CC5(CC(C(=O)O)C5)C4)C2COc2cc(C(C)(F)C(F)(F)F)ccc23)cc1. The number of hydrogen-bond acceptors (Lipinski definition) is 4. The van der Waals surface area contributed by atoms with Crippen LogP contribution in [0.2, 0.25) is 0 Å². The van der Waals surface area contributed by atoms with Crippen LogP contribution in [-0.4, -0.2) is 53.9 Å². The minimum Gasteiger partial charge on any atom is -0.494 e. The number of rotatable bonds is 7. The lowest BCUT2D eigenvalue weighted by molar-refractivity contribution is -0.228. The molecule has 2 aliphatic carbocycles. The molecule has 6 rings (SSSR count). The number of halogens is 4. The summed E-state index contributed by atoms with van der Waals surface area (Å²) in [7, 11) is 0. The Hall–Kier alpha value is -3.30. The maximum atomic E-state index is 15.0. The zero-order chi connectivity index (χ0) is 30.8. The summed E-state index contributed by atoms with van der Waals surface area (Å²) in [6.45, 7) is 3.58. The molecule has 1 amide bonds. The number of benzene rings is 2. The number of aliphatic carboxylic acids is 1. The molecule has 0 bridgehead atoms. The molecule has 1 saturated heterocycles. The second-order valence-corrected chi connectivity index (χ2v) is 13.1. The van der Waals surface area contributed by atoms with Crippen LogP contribution in [0.3, 0.4) is 0 Å². The van der Waals surface area contributed by atoms with E-state index >= 15 is 0 Å². The number of carboxylic acid groups (broad SMARTS) is 1. The fourth-order valence-electron chi connectivity index (χ4n) is 8.11. The molecule has 43 heavy (non-hydrogen) atoms. The summed E-state index contributed by atoms with van der Waals surface area (Å²) >= 11 is 0. The molecule has 3 unspecified atom stereocenters. The van der Waals surface area contributed by atoms with E-state index in [2.05, 4.69) is 0 Å². The fraction of sp³-hybridized carbons (Fsp3) is 0.576. The third-order valence-electron chi connectivity index (χ3n) is 10.5. The van der Waals surface area contributed by atoms with Gasteiger partial charge in [-0.2, -0.15) is 13.2 Å². The van der Waals surface area contributed by atoms with E-state index in [0.29, 0.717) is 70.6 Å². The van der Waals surface area contributed by atoms with Crippen molar-refractivity contribution in [2.75, 3.05) is 19.8 Å². The second-order valence-electron chi connectivity index (χ2n) is 13.1. The Kier molecular flexibility index (Phi) is 7.20. The summed E-state index contributed by atoms with van der Waals surface area (Å²) in [5, 5.41) is 9.29. The van der Waals surface area contributed by atoms with Gasteiger partial charge in [-0.25, -0.2) is 4.39 Å². The lowest BCUT2D eigenvalue weighted by Gasteiger charge is -2.59. The van der Waals surface area contributed by atoms with Gasteiger partial charge in [0.2, 0.25) is 11.6 Å². The number of likely N-dealkylation sites (tertiary alicyclic amines) is 1. The number of carbonyl (C=O) groups excluding carboxylic acids is 1. The van der Waals surface area contributed by atoms with E-state index in [4.69, 9.17) is 9.47 Å². The first kappa shape index (κ1) is 29.8. The van der Waals surface area contributed by atoms with Gasteiger partial charge in [-0.1, -0.05) is 24.3 Å². The minimum atomic E-state index is -5.09. The van der Waals surface area contributed by atoms with Crippen LogP contribution in [0.1, 0.15) is 69.1 Å². The van der Waals surface area contributed by atoms with E-state index in [-0.39, 0.29) is 41.6 Å². The van der Waals surface area contributed by atoms with Crippen LogP contribution in [0.4, 0.5) is 17.6 Å². The summed E-state index contributed by atoms with van der Waals surface area (Å²) in [4.78, 5) is 27.2. The number of nitrogens with zero attached hydrogens (tertiary/aromatic N) is 1. The van der Waals surface area contributed by atoms with Crippen molar-refractivity contribution in [3.05, 3.63) is 59.2 Å². The van der Waals surface area contributed by atoms with Crippen LogP contribution < -0.4 is 9.47 Å². The summed E-state index contributed by atoms with van der Waals surface area (Å²) in [6.07, 6.45) is -0.602. The maximum Gasteiger partial charge on any atom is 0.426 e. The molecular weight excluding hydrogens is 566 g/mol. The molecule has 2 aromatic rings. The van der Waals surface area contributed by atoms with Crippen LogP contribution in [0.25, 0.3) is 0 Å². The molecule has 232 valence electrons. The molecule has 0 aromatic heterocycles. The molecule has 2 saturated carbocycles. The van der Waals surface area contributed by atoms with Gasteiger partial charge in [0.15, 0.2) is 0 Å². The number of carbonyl (C=O) groups is 2. The maximum absolute atomic E-state index is 15.0. The first-order valence-corrected chi connectivity index (χ1v) is 15.1. The van der Waals surface area contributed by atoms with Gasteiger partial charge in [0.25, 0.3) is 0 Å². The molecule has 3 fully saturated rings. The van der Waals surface area contributed by atoms with Crippen molar-refractivity contribution >= 4 is 11.9 Å². The highest BCUT2D eigenvalue weighted by molar-refractivity contribution is 5.81. The molecule has 4 aliphatic rings. The van der Waals surface area contributed by atoms with Crippen LogP contribution in [0.15, 0.2) is 42.5 Å². The zero-order valence-electron chi connectivity index (χ0n) is 24.4. The standard InChI is InChI=1S/C33H37F4NO5/c1-3-42-24-8-5-20(6-9-24)14-32-11-4-12-38(28(39)21-15-31(16-21)17-22(18-31)29(40)41)27(32)19-43-26-13-23(7-10-25(26)32)30(2,34)33(35,36)37/h5-10,13,21-22,27H,3-4,11-12,14-19H2,1-2H3,(H,40,41). The largest absolute Gasteiger partial charge is 0.494 e. The van der Waals surface area contributed by atoms with Crippen molar-refractivity contribution in [3.63, 3.8) is 0 Å². The monoisotopic (exact) mass is 603 g/mol. The van der Waals surface area contributed by atoms with Crippen molar-refractivity contribution in [2.24, 2.45) is 17.3 Å². The number of alkyl halides is 4. The molecule has 0 radical (unpaired) electrons. The van der Waals surface area contributed by atoms with Gasteiger partial charge in [-0.05, 0) is 88.0 Å². The van der Waals surface area contributed by atoms with Crippen LogP contribution in [-0.2, 0) is 27.1 Å². The Morgan fingerprint density at radius 2 is 1.72 bits per heavy atom. The number of ether oxygens (including phenoxy) is 2. The third-order valence-corrected chi connectivity index (χ3v) is 10.5. The molecule has 10 heteroatoms. The van der Waals surface area contributed by atoms with Gasteiger partial charge in [-0.15, -0.1) is 0 Å². The smallest absolute Gasteiger partial charge is 0.426 e. The van der Waals surface area contributed by atoms with Crippen molar-refractivity contribution in [1.82, 2.24) is 4.90 Å². The van der Waals surface area contributed by atoms with Crippen molar-refractivity contribution in [2.45, 2.75) is 82.1 Å². The summed E-state index contributed by atoms with van der Waals surface area (Å²) in [5.41, 5.74) is -3.09. The first-order chi connectivity index (χ1) is 20.3. The topological polar surface area (TPSA) is 76.1 Å². The van der Waals surface area contributed by atoms with Gasteiger partial charge < -0.3 is 19.5 Å². The van der Waals surface area contributed by atoms with Gasteiger partial charge in [0.05, 0.1) is 18.6 Å². The van der Waals surface area contributed by atoms with Crippen molar-refractivity contribution < 1.29 is 41.7 Å². The van der Waals surface area contributed by atoms with Gasteiger partial charge in [-0.3, -0.25) is 9.59 Å². The van der Waals surface area contributed by atoms with E-state index in [1.807, 2.05) is 36.1 Å². The summed E-state index contributed by atoms with van der Waals surface area (Å²) in [6, 6.07) is 11.3. The Morgan fingerprint density at radius 3 is 2.35 bits per heavy atom. The zero-order valence-corrected chi connectivity index (χ0v) is 24.4.